The van der Waals surface area contributed by atoms with Crippen molar-refractivity contribution in [2.75, 3.05) is 0 Å². The Kier molecular flexibility index (Phi) is 6.50. The van der Waals surface area contributed by atoms with Crippen LogP contribution in [-0.2, 0) is 0 Å². The van der Waals surface area contributed by atoms with E-state index in [1.165, 1.54) is 6.07 Å². The number of nitrogens with zero attached hydrogens (tertiary/aromatic N) is 2. The van der Waals surface area contributed by atoms with Gasteiger partial charge in [-0.1, -0.05) is 36.4 Å². The van der Waals surface area contributed by atoms with Gasteiger partial charge in [-0.25, -0.2) is 14.4 Å². The molecule has 0 saturated carbocycles. The van der Waals surface area contributed by atoms with Gasteiger partial charge >= 0.3 is 0 Å². The van der Waals surface area contributed by atoms with Crippen LogP contribution in [0.4, 0.5) is 4.39 Å². The average Bonchev–Trinajstić information content (AvgIpc) is 2.68. The summed E-state index contributed by atoms with van der Waals surface area (Å²) >= 11 is 0. The monoisotopic (exact) mass is 378 g/mol. The number of benzene rings is 2. The van der Waals surface area contributed by atoms with Gasteiger partial charge in [-0.15, -0.1) is 0 Å². The number of unbranched alkanes of at least 4 members (excludes halogenated alkanes) is 1. The number of aromatic nitrogens is 2. The molecule has 3 rings (SSSR count). The summed E-state index contributed by atoms with van der Waals surface area (Å²) in [5.41, 5.74) is 2.92. The lowest BCUT2D eigenvalue weighted by molar-refractivity contribution is 0.182. The van der Waals surface area contributed by atoms with E-state index in [1.54, 1.807) is 25.4 Å². The second-order valence-corrected chi connectivity index (χ2v) is 6.76. The minimum absolute atomic E-state index is 0.0941. The minimum atomic E-state index is -0.464. The molecule has 2 N–H and O–H groups in total. The molecule has 0 saturated heterocycles. The topological polar surface area (TPSA) is 66.2 Å². The summed E-state index contributed by atoms with van der Waals surface area (Å²) in [5.74, 6) is 0.0425. The molecule has 5 heteroatoms. The Balaban J connectivity index is 1.66. The van der Waals surface area contributed by atoms with Crippen molar-refractivity contribution in [2.45, 2.75) is 32.3 Å². The number of allylic oxidation sites excluding steroid dienone is 1. The Morgan fingerprint density at radius 2 is 1.71 bits per heavy atom. The molecular formula is C23H23FN2O2. The molecular weight excluding hydrogens is 355 g/mol. The Morgan fingerprint density at radius 3 is 2.36 bits per heavy atom. The van der Waals surface area contributed by atoms with Crippen molar-refractivity contribution in [2.24, 2.45) is 0 Å². The van der Waals surface area contributed by atoms with Gasteiger partial charge in [-0.05, 0) is 43.9 Å². The van der Waals surface area contributed by atoms with E-state index in [2.05, 4.69) is 16.0 Å². The maximum atomic E-state index is 14.0. The molecule has 1 unspecified atom stereocenters. The predicted octanol–water partition coefficient (Wildman–Crippen LogP) is 5.22. The summed E-state index contributed by atoms with van der Waals surface area (Å²) in [7, 11) is 0. The van der Waals surface area contributed by atoms with Gasteiger partial charge in [0, 0.05) is 35.2 Å². The quantitative estimate of drug-likeness (QED) is 0.553. The van der Waals surface area contributed by atoms with Gasteiger partial charge in [0.25, 0.3) is 0 Å². The summed E-state index contributed by atoms with van der Waals surface area (Å²) in [4.78, 5) is 8.80. The fourth-order valence-electron chi connectivity index (χ4n) is 2.86. The van der Waals surface area contributed by atoms with Crippen molar-refractivity contribution >= 4 is 6.08 Å². The van der Waals surface area contributed by atoms with Crippen LogP contribution in [0.1, 0.15) is 31.7 Å². The first-order valence-electron chi connectivity index (χ1n) is 9.29. The molecule has 1 aromatic heterocycles. The van der Waals surface area contributed by atoms with Gasteiger partial charge < -0.3 is 10.2 Å². The summed E-state index contributed by atoms with van der Waals surface area (Å²) in [6.07, 6.45) is 9.95. The second-order valence-electron chi connectivity index (χ2n) is 6.76. The standard InChI is InChI=1S/C23H23FN2O2/c1-16(27)5-3-2-4-6-17-14-25-23(26-15-17)19-9-7-18(8-10-19)21-12-11-20(28)13-22(21)24/h4,6-16,27-28H,2-3,5H2,1H3. The van der Waals surface area contributed by atoms with Crippen molar-refractivity contribution in [3.05, 3.63) is 72.3 Å². The van der Waals surface area contributed by atoms with E-state index >= 15 is 0 Å². The van der Waals surface area contributed by atoms with Crippen LogP contribution in [0, 0.1) is 5.82 Å². The van der Waals surface area contributed by atoms with Crippen LogP contribution in [0.5, 0.6) is 5.75 Å². The summed E-state index contributed by atoms with van der Waals surface area (Å²) in [6.45, 7) is 1.80. The summed E-state index contributed by atoms with van der Waals surface area (Å²) < 4.78 is 14.0. The number of phenols is 1. The maximum absolute atomic E-state index is 14.0. The first-order valence-corrected chi connectivity index (χ1v) is 9.29. The van der Waals surface area contributed by atoms with E-state index in [-0.39, 0.29) is 11.9 Å². The van der Waals surface area contributed by atoms with Gasteiger partial charge in [0.2, 0.25) is 0 Å². The lowest BCUT2D eigenvalue weighted by Crippen LogP contribution is -1.97. The van der Waals surface area contributed by atoms with Crippen molar-refractivity contribution in [1.29, 1.82) is 0 Å². The zero-order valence-corrected chi connectivity index (χ0v) is 15.7. The molecule has 0 aliphatic carbocycles. The second kappa shape index (κ2) is 9.24. The smallest absolute Gasteiger partial charge is 0.159 e. The first kappa shape index (κ1) is 19.7. The molecule has 0 bridgehead atoms. The normalized spacial score (nSPS) is 12.4. The molecule has 144 valence electrons. The Hall–Kier alpha value is -3.05. The number of rotatable bonds is 7. The average molecular weight is 378 g/mol. The van der Waals surface area contributed by atoms with Crippen LogP contribution in [0.2, 0.25) is 0 Å². The van der Waals surface area contributed by atoms with Crippen molar-refractivity contribution in [1.82, 2.24) is 9.97 Å². The lowest BCUT2D eigenvalue weighted by Gasteiger charge is -2.06. The van der Waals surface area contributed by atoms with Gasteiger partial charge in [-0.2, -0.15) is 0 Å². The molecule has 1 atom stereocenters. The molecule has 0 aliphatic heterocycles. The summed E-state index contributed by atoms with van der Waals surface area (Å²) in [6, 6.07) is 11.4. The Morgan fingerprint density at radius 1 is 1.04 bits per heavy atom. The fourth-order valence-corrected chi connectivity index (χ4v) is 2.86. The number of aliphatic hydroxyl groups excluding tert-OH is 1. The van der Waals surface area contributed by atoms with Crippen molar-refractivity contribution < 1.29 is 14.6 Å². The first-order chi connectivity index (χ1) is 13.5. The predicted molar refractivity (Wildman–Crippen MR) is 109 cm³/mol. The highest BCUT2D eigenvalue weighted by atomic mass is 19.1. The fraction of sp³-hybridized carbons (Fsp3) is 0.217. The number of halogens is 1. The highest BCUT2D eigenvalue weighted by Gasteiger charge is 2.07. The highest BCUT2D eigenvalue weighted by Crippen LogP contribution is 2.27. The number of hydrogen-bond acceptors (Lipinski definition) is 4. The molecule has 3 aromatic rings. The van der Waals surface area contributed by atoms with Crippen LogP contribution in [0.15, 0.2) is 60.9 Å². The molecule has 28 heavy (non-hydrogen) atoms. The molecule has 0 spiro atoms. The number of aliphatic hydroxyl groups is 1. The molecule has 0 radical (unpaired) electrons. The Labute approximate surface area is 164 Å². The van der Waals surface area contributed by atoms with Gasteiger partial charge in [0.1, 0.15) is 11.6 Å². The maximum Gasteiger partial charge on any atom is 0.159 e. The Bertz CT molecular complexity index is 936. The van der Waals surface area contributed by atoms with E-state index in [4.69, 9.17) is 0 Å². The minimum Gasteiger partial charge on any atom is -0.508 e. The third-order valence-corrected chi connectivity index (χ3v) is 4.38. The van der Waals surface area contributed by atoms with Crippen LogP contribution < -0.4 is 0 Å². The van der Waals surface area contributed by atoms with Gasteiger partial charge in [-0.3, -0.25) is 0 Å². The molecule has 1 heterocycles. The molecule has 2 aromatic carbocycles. The van der Waals surface area contributed by atoms with E-state index in [1.807, 2.05) is 30.3 Å². The van der Waals surface area contributed by atoms with Crippen molar-refractivity contribution in [3.63, 3.8) is 0 Å². The molecule has 4 nitrogen and oxygen atoms in total. The van der Waals surface area contributed by atoms with Crippen LogP contribution >= 0.6 is 0 Å². The molecule has 0 fully saturated rings. The van der Waals surface area contributed by atoms with E-state index in [9.17, 15) is 14.6 Å². The van der Waals surface area contributed by atoms with Crippen molar-refractivity contribution in [3.8, 4) is 28.3 Å². The zero-order valence-electron chi connectivity index (χ0n) is 15.7. The zero-order chi connectivity index (χ0) is 19.9. The van der Waals surface area contributed by atoms with Crippen LogP contribution in [0.25, 0.3) is 28.6 Å². The molecule has 0 amide bonds. The van der Waals surface area contributed by atoms with Gasteiger partial charge in [0.05, 0.1) is 6.10 Å². The highest BCUT2D eigenvalue weighted by molar-refractivity contribution is 5.68. The third kappa shape index (κ3) is 5.24. The van der Waals surface area contributed by atoms with Crippen LogP contribution in [0.3, 0.4) is 0 Å². The van der Waals surface area contributed by atoms with Gasteiger partial charge in [0.15, 0.2) is 5.82 Å². The molecule has 0 aliphatic rings. The number of aromatic hydroxyl groups is 1. The largest absolute Gasteiger partial charge is 0.508 e. The SMILES string of the molecule is CC(O)CCCC=Cc1cnc(-c2ccc(-c3ccc(O)cc3F)cc2)nc1. The lowest BCUT2D eigenvalue weighted by atomic mass is 10.0. The van der Waals surface area contributed by atoms with E-state index < -0.39 is 5.82 Å². The summed E-state index contributed by atoms with van der Waals surface area (Å²) in [5, 5.41) is 18.6. The van der Waals surface area contributed by atoms with E-state index in [0.29, 0.717) is 11.4 Å². The van der Waals surface area contributed by atoms with Crippen LogP contribution in [-0.4, -0.2) is 26.3 Å². The number of phenolic OH excluding ortho intramolecular Hbond substituents is 1. The van der Waals surface area contributed by atoms with E-state index in [0.717, 1.165) is 42.0 Å². The number of hydrogen-bond donors (Lipinski definition) is 2. The third-order valence-electron chi connectivity index (χ3n) is 4.38.